The zero-order chi connectivity index (χ0) is 18.9. The third-order valence-electron chi connectivity index (χ3n) is 4.27. The molecular formula is C18H26ClN3O4. The molecule has 0 aliphatic carbocycles. The van der Waals surface area contributed by atoms with Crippen molar-refractivity contribution in [3.05, 3.63) is 29.3 Å². The van der Waals surface area contributed by atoms with Crippen LogP contribution in [-0.2, 0) is 14.3 Å². The molecule has 2 amide bonds. The number of rotatable bonds is 7. The summed E-state index contributed by atoms with van der Waals surface area (Å²) in [5.41, 5.74) is 0.654. The molecule has 1 fully saturated rings. The van der Waals surface area contributed by atoms with Gasteiger partial charge in [-0.1, -0.05) is 18.5 Å². The second-order valence-electron chi connectivity index (χ2n) is 6.26. The SMILES string of the molecule is COC(=O)C(C)CN(CCN1CCOCC1)C(=O)Nc1ccc(Cl)cc1. The van der Waals surface area contributed by atoms with Crippen LogP contribution in [0.15, 0.2) is 24.3 Å². The van der Waals surface area contributed by atoms with Gasteiger partial charge in [-0.3, -0.25) is 9.69 Å². The first kappa shape index (κ1) is 20.5. The molecule has 1 heterocycles. The number of methoxy groups -OCH3 is 1. The fourth-order valence-corrected chi connectivity index (χ4v) is 2.83. The first-order valence-corrected chi connectivity index (χ1v) is 9.07. The number of hydrogen-bond donors (Lipinski definition) is 1. The van der Waals surface area contributed by atoms with Crippen LogP contribution in [0.3, 0.4) is 0 Å². The van der Waals surface area contributed by atoms with Crippen LogP contribution < -0.4 is 5.32 Å². The Balaban J connectivity index is 1.98. The number of carbonyl (C=O) groups excluding carboxylic acids is 2. The lowest BCUT2D eigenvalue weighted by Crippen LogP contribution is -2.46. The quantitative estimate of drug-likeness (QED) is 0.731. The number of nitrogens with one attached hydrogen (secondary N) is 1. The Kier molecular flexibility index (Phi) is 8.15. The van der Waals surface area contributed by atoms with Crippen LogP contribution >= 0.6 is 11.6 Å². The molecule has 2 rings (SSSR count). The van der Waals surface area contributed by atoms with E-state index in [4.69, 9.17) is 21.1 Å². The first-order chi connectivity index (χ1) is 12.5. The number of esters is 1. The fraction of sp³-hybridized carbons (Fsp3) is 0.556. The van der Waals surface area contributed by atoms with Gasteiger partial charge >= 0.3 is 12.0 Å². The Morgan fingerprint density at radius 3 is 2.58 bits per heavy atom. The fourth-order valence-electron chi connectivity index (χ4n) is 2.70. The van der Waals surface area contributed by atoms with Gasteiger partial charge in [-0.2, -0.15) is 0 Å². The first-order valence-electron chi connectivity index (χ1n) is 8.69. The minimum Gasteiger partial charge on any atom is -0.469 e. The van der Waals surface area contributed by atoms with Gasteiger partial charge in [-0.15, -0.1) is 0 Å². The van der Waals surface area contributed by atoms with Gasteiger partial charge in [0.1, 0.15) is 0 Å². The summed E-state index contributed by atoms with van der Waals surface area (Å²) in [7, 11) is 1.35. The van der Waals surface area contributed by atoms with Crippen molar-refractivity contribution in [1.82, 2.24) is 9.80 Å². The van der Waals surface area contributed by atoms with Crippen molar-refractivity contribution in [2.24, 2.45) is 5.92 Å². The Morgan fingerprint density at radius 2 is 1.96 bits per heavy atom. The molecule has 26 heavy (non-hydrogen) atoms. The Morgan fingerprint density at radius 1 is 1.31 bits per heavy atom. The summed E-state index contributed by atoms with van der Waals surface area (Å²) in [6.45, 7) is 6.38. The number of halogens is 1. The molecule has 1 unspecified atom stereocenters. The third kappa shape index (κ3) is 6.48. The zero-order valence-electron chi connectivity index (χ0n) is 15.2. The van der Waals surface area contributed by atoms with E-state index in [1.54, 1.807) is 36.1 Å². The summed E-state index contributed by atoms with van der Waals surface area (Å²) in [5, 5.41) is 3.46. The van der Waals surface area contributed by atoms with E-state index >= 15 is 0 Å². The number of ether oxygens (including phenoxy) is 2. The van der Waals surface area contributed by atoms with E-state index in [2.05, 4.69) is 10.2 Å². The van der Waals surface area contributed by atoms with Crippen molar-refractivity contribution < 1.29 is 19.1 Å². The summed E-state index contributed by atoms with van der Waals surface area (Å²) in [6.07, 6.45) is 0. The molecule has 1 aromatic carbocycles. The van der Waals surface area contributed by atoms with Gasteiger partial charge in [0.15, 0.2) is 0 Å². The largest absolute Gasteiger partial charge is 0.469 e. The average molecular weight is 384 g/mol. The summed E-state index contributed by atoms with van der Waals surface area (Å²) < 4.78 is 10.1. The summed E-state index contributed by atoms with van der Waals surface area (Å²) in [6, 6.07) is 6.66. The van der Waals surface area contributed by atoms with Gasteiger partial charge in [0, 0.05) is 43.4 Å². The van der Waals surface area contributed by atoms with Crippen LogP contribution in [-0.4, -0.2) is 74.8 Å². The van der Waals surface area contributed by atoms with Crippen LogP contribution in [0.2, 0.25) is 5.02 Å². The molecule has 1 saturated heterocycles. The van der Waals surface area contributed by atoms with E-state index in [0.29, 0.717) is 30.5 Å². The van der Waals surface area contributed by atoms with Gasteiger partial charge in [-0.05, 0) is 24.3 Å². The molecular weight excluding hydrogens is 358 g/mol. The van der Waals surface area contributed by atoms with E-state index in [1.807, 2.05) is 0 Å². The predicted molar refractivity (Wildman–Crippen MR) is 100 cm³/mol. The lowest BCUT2D eigenvalue weighted by molar-refractivity contribution is -0.145. The van der Waals surface area contributed by atoms with Crippen LogP contribution in [0.4, 0.5) is 10.5 Å². The lowest BCUT2D eigenvalue weighted by atomic mass is 10.1. The normalized spacial score (nSPS) is 16.0. The van der Waals surface area contributed by atoms with E-state index < -0.39 is 5.92 Å². The highest BCUT2D eigenvalue weighted by Gasteiger charge is 2.22. The molecule has 0 bridgehead atoms. The maximum atomic E-state index is 12.7. The number of urea groups is 1. The van der Waals surface area contributed by atoms with Crippen LogP contribution in [0.25, 0.3) is 0 Å². The maximum absolute atomic E-state index is 12.7. The number of amides is 2. The van der Waals surface area contributed by atoms with Crippen molar-refractivity contribution in [1.29, 1.82) is 0 Å². The van der Waals surface area contributed by atoms with Crippen LogP contribution in [0.1, 0.15) is 6.92 Å². The monoisotopic (exact) mass is 383 g/mol. The highest BCUT2D eigenvalue weighted by Crippen LogP contribution is 2.14. The highest BCUT2D eigenvalue weighted by molar-refractivity contribution is 6.30. The van der Waals surface area contributed by atoms with Gasteiger partial charge in [0.25, 0.3) is 0 Å². The molecule has 1 N–H and O–H groups in total. The molecule has 1 aliphatic rings. The number of benzene rings is 1. The van der Waals surface area contributed by atoms with Crippen molar-refractivity contribution >= 4 is 29.3 Å². The van der Waals surface area contributed by atoms with E-state index in [0.717, 1.165) is 19.6 Å². The summed E-state index contributed by atoms with van der Waals surface area (Å²) in [4.78, 5) is 28.3. The molecule has 0 saturated carbocycles. The molecule has 0 spiro atoms. The highest BCUT2D eigenvalue weighted by atomic mass is 35.5. The van der Waals surface area contributed by atoms with Gasteiger partial charge in [0.2, 0.25) is 0 Å². The predicted octanol–water partition coefficient (Wildman–Crippen LogP) is 2.32. The van der Waals surface area contributed by atoms with E-state index in [-0.39, 0.29) is 18.5 Å². The molecule has 0 aromatic heterocycles. The molecule has 7 nitrogen and oxygen atoms in total. The van der Waals surface area contributed by atoms with E-state index in [1.165, 1.54) is 7.11 Å². The number of anilines is 1. The van der Waals surface area contributed by atoms with Gasteiger partial charge < -0.3 is 19.7 Å². The van der Waals surface area contributed by atoms with Crippen molar-refractivity contribution in [3.8, 4) is 0 Å². The number of morpholine rings is 1. The lowest BCUT2D eigenvalue weighted by Gasteiger charge is -2.31. The number of carbonyl (C=O) groups is 2. The zero-order valence-corrected chi connectivity index (χ0v) is 16.0. The molecule has 144 valence electrons. The van der Waals surface area contributed by atoms with E-state index in [9.17, 15) is 9.59 Å². The standard InChI is InChI=1S/C18H26ClN3O4/c1-14(17(23)25-2)13-22(8-7-21-9-11-26-12-10-21)18(24)20-16-5-3-15(19)4-6-16/h3-6,14H,7-13H2,1-2H3,(H,20,24). The van der Waals surface area contributed by atoms with Crippen LogP contribution in [0, 0.1) is 5.92 Å². The van der Waals surface area contributed by atoms with Crippen molar-refractivity contribution in [2.45, 2.75) is 6.92 Å². The molecule has 1 aromatic rings. The summed E-state index contributed by atoms with van der Waals surface area (Å²) in [5.74, 6) is -0.735. The van der Waals surface area contributed by atoms with Gasteiger partial charge in [-0.25, -0.2) is 4.79 Å². The van der Waals surface area contributed by atoms with Crippen molar-refractivity contribution in [2.75, 3.05) is 58.4 Å². The topological polar surface area (TPSA) is 71.1 Å². The summed E-state index contributed by atoms with van der Waals surface area (Å²) >= 11 is 5.88. The second kappa shape index (κ2) is 10.4. The maximum Gasteiger partial charge on any atom is 0.321 e. The minimum atomic E-state index is -0.402. The average Bonchev–Trinajstić information content (AvgIpc) is 2.66. The molecule has 8 heteroatoms. The Bertz CT molecular complexity index is 591. The number of hydrogen-bond acceptors (Lipinski definition) is 5. The second-order valence-corrected chi connectivity index (χ2v) is 6.70. The van der Waals surface area contributed by atoms with Gasteiger partial charge in [0.05, 0.1) is 26.2 Å². The minimum absolute atomic E-state index is 0.253. The molecule has 0 radical (unpaired) electrons. The molecule has 1 aliphatic heterocycles. The molecule has 1 atom stereocenters. The van der Waals surface area contributed by atoms with Crippen molar-refractivity contribution in [3.63, 3.8) is 0 Å². The third-order valence-corrected chi connectivity index (χ3v) is 4.52. The smallest absolute Gasteiger partial charge is 0.321 e. The van der Waals surface area contributed by atoms with Crippen LogP contribution in [0.5, 0.6) is 0 Å². The Hall–Kier alpha value is -1.83. The number of nitrogens with zero attached hydrogens (tertiary/aromatic N) is 2. The Labute approximate surface area is 159 Å².